The van der Waals surface area contributed by atoms with Gasteiger partial charge in [-0.3, -0.25) is 9.20 Å². The number of fused-ring (bicyclic) bond motifs is 1. The van der Waals surface area contributed by atoms with Crippen molar-refractivity contribution in [2.24, 2.45) is 11.3 Å². The smallest absolute Gasteiger partial charge is 0.351 e. The second-order valence-corrected chi connectivity index (χ2v) is 10.4. The first kappa shape index (κ1) is 26.9. The molecule has 6 nitrogen and oxygen atoms in total. The van der Waals surface area contributed by atoms with Gasteiger partial charge in [0.25, 0.3) is 5.91 Å². The number of hydrogen-bond acceptors (Lipinski definition) is 4. The quantitative estimate of drug-likeness (QED) is 0.550. The Kier molecular flexibility index (Phi) is 7.46. The van der Waals surface area contributed by atoms with Crippen LogP contribution in [0.15, 0.2) is 12.1 Å². The Morgan fingerprint density at radius 2 is 1.89 bits per heavy atom. The number of carbonyl (C=O) groups excluding carboxylic acids is 1. The molecule has 1 fully saturated rings. The van der Waals surface area contributed by atoms with Gasteiger partial charge >= 0.3 is 6.18 Å². The molecule has 2 heterocycles. The number of rotatable bonds is 7. The molecular weight excluding hydrogens is 469 g/mol. The molecule has 0 aromatic carbocycles. The first-order chi connectivity index (χ1) is 16.1. The Morgan fingerprint density at radius 3 is 2.43 bits per heavy atom. The molecule has 2 aromatic rings. The van der Waals surface area contributed by atoms with E-state index >= 15 is 0 Å². The van der Waals surface area contributed by atoms with Crippen LogP contribution < -0.4 is 5.32 Å². The Hall–Kier alpha value is -2.74. The van der Waals surface area contributed by atoms with Gasteiger partial charge in [0.1, 0.15) is 17.4 Å². The Balaban J connectivity index is 1.95. The first-order valence-corrected chi connectivity index (χ1v) is 11.5. The predicted octanol–water partition coefficient (Wildman–Crippen LogP) is 4.91. The summed E-state index contributed by atoms with van der Waals surface area (Å²) in [7, 11) is 3.81. The first-order valence-electron chi connectivity index (χ1n) is 11.5. The molecule has 35 heavy (non-hydrogen) atoms. The monoisotopic (exact) mass is 499 g/mol. The SMILES string of the molecule is CN(C)CC(C)(C)CNC(=O)c1cc(C#N)n2c(CC3CCC(F)(F)CC3)c(C(F)(F)F)nc2c1. The van der Waals surface area contributed by atoms with Crippen LogP contribution in [-0.2, 0) is 12.6 Å². The summed E-state index contributed by atoms with van der Waals surface area (Å²) in [6.45, 7) is 4.95. The zero-order valence-electron chi connectivity index (χ0n) is 20.3. The van der Waals surface area contributed by atoms with Crippen molar-refractivity contribution in [3.05, 3.63) is 34.8 Å². The Labute approximate surface area is 201 Å². The minimum absolute atomic E-state index is 0.0253. The van der Waals surface area contributed by atoms with E-state index in [1.807, 2.05) is 38.9 Å². The third kappa shape index (κ3) is 6.48. The zero-order valence-corrected chi connectivity index (χ0v) is 20.3. The molecule has 0 unspecified atom stereocenters. The van der Waals surface area contributed by atoms with Crippen LogP contribution in [0.25, 0.3) is 5.65 Å². The average Bonchev–Trinajstić information content (AvgIpc) is 3.11. The van der Waals surface area contributed by atoms with E-state index in [1.54, 1.807) is 0 Å². The van der Waals surface area contributed by atoms with Crippen molar-refractivity contribution in [3.63, 3.8) is 0 Å². The summed E-state index contributed by atoms with van der Waals surface area (Å²) < 4.78 is 69.7. The summed E-state index contributed by atoms with van der Waals surface area (Å²) in [5.74, 6) is -3.71. The van der Waals surface area contributed by atoms with E-state index in [0.29, 0.717) is 13.1 Å². The van der Waals surface area contributed by atoms with Crippen molar-refractivity contribution < 1.29 is 26.7 Å². The highest BCUT2D eigenvalue weighted by atomic mass is 19.4. The van der Waals surface area contributed by atoms with E-state index < -0.39 is 23.7 Å². The summed E-state index contributed by atoms with van der Waals surface area (Å²) in [5.41, 5.74) is -1.97. The van der Waals surface area contributed by atoms with E-state index in [4.69, 9.17) is 0 Å². The molecule has 0 saturated heterocycles. The molecule has 1 aliphatic carbocycles. The molecule has 0 bridgehead atoms. The topological polar surface area (TPSA) is 73.4 Å². The number of alkyl halides is 5. The van der Waals surface area contributed by atoms with E-state index in [0.717, 1.165) is 4.40 Å². The van der Waals surface area contributed by atoms with Crippen molar-refractivity contribution >= 4 is 11.6 Å². The highest BCUT2D eigenvalue weighted by Gasteiger charge is 2.41. The molecule has 0 radical (unpaired) electrons. The van der Waals surface area contributed by atoms with Gasteiger partial charge in [0, 0.05) is 31.5 Å². The van der Waals surface area contributed by atoms with Crippen LogP contribution in [0.1, 0.15) is 67.0 Å². The van der Waals surface area contributed by atoms with Gasteiger partial charge in [-0.2, -0.15) is 18.4 Å². The normalized spacial score (nSPS) is 17.1. The highest BCUT2D eigenvalue weighted by Crippen LogP contribution is 2.40. The van der Waals surface area contributed by atoms with Crippen LogP contribution in [0, 0.1) is 22.7 Å². The molecular formula is C24H30F5N5O. The second kappa shape index (κ2) is 9.72. The fourth-order valence-electron chi connectivity index (χ4n) is 4.77. The van der Waals surface area contributed by atoms with Crippen LogP contribution in [0.2, 0.25) is 0 Å². The number of nitrogens with one attached hydrogen (secondary N) is 1. The van der Waals surface area contributed by atoms with E-state index in [-0.39, 0.29) is 66.0 Å². The third-order valence-electron chi connectivity index (χ3n) is 6.25. The molecule has 3 rings (SSSR count). The maximum Gasteiger partial charge on any atom is 0.435 e. The lowest BCUT2D eigenvalue weighted by Crippen LogP contribution is -2.40. The molecule has 1 aliphatic rings. The number of nitrogens with zero attached hydrogens (tertiary/aromatic N) is 4. The maximum absolute atomic E-state index is 13.9. The summed E-state index contributed by atoms with van der Waals surface area (Å²) in [5, 5.41) is 12.5. The van der Waals surface area contributed by atoms with Crippen molar-refractivity contribution in [2.75, 3.05) is 27.2 Å². The van der Waals surface area contributed by atoms with Crippen LogP contribution in [-0.4, -0.2) is 53.3 Å². The Bertz CT molecular complexity index is 1120. The molecule has 0 aliphatic heterocycles. The van der Waals surface area contributed by atoms with E-state index in [2.05, 4.69) is 10.3 Å². The van der Waals surface area contributed by atoms with Crippen LogP contribution >= 0.6 is 0 Å². The number of amides is 1. The van der Waals surface area contributed by atoms with Crippen LogP contribution in [0.5, 0.6) is 0 Å². The lowest BCUT2D eigenvalue weighted by atomic mass is 9.83. The number of nitriles is 1. The lowest BCUT2D eigenvalue weighted by molar-refractivity contribution is -0.141. The predicted molar refractivity (Wildman–Crippen MR) is 120 cm³/mol. The lowest BCUT2D eigenvalue weighted by Gasteiger charge is -2.28. The number of aromatic nitrogens is 2. The number of hydrogen-bond donors (Lipinski definition) is 1. The third-order valence-corrected chi connectivity index (χ3v) is 6.25. The van der Waals surface area contributed by atoms with Crippen LogP contribution in [0.4, 0.5) is 22.0 Å². The number of halogens is 5. The fraction of sp³-hybridized carbons (Fsp3) is 0.625. The molecule has 11 heteroatoms. The molecule has 192 valence electrons. The molecule has 0 spiro atoms. The van der Waals surface area contributed by atoms with E-state index in [1.165, 1.54) is 12.1 Å². The molecule has 1 N–H and O–H groups in total. The number of pyridine rings is 1. The van der Waals surface area contributed by atoms with Gasteiger partial charge < -0.3 is 10.2 Å². The number of imidazole rings is 1. The van der Waals surface area contributed by atoms with Crippen LogP contribution in [0.3, 0.4) is 0 Å². The van der Waals surface area contributed by atoms with Gasteiger partial charge in [0.2, 0.25) is 5.92 Å². The standard InChI is InChI=1S/C24H30F5N5O/c1-22(2,14-33(3)4)13-31-21(35)16-10-17(12-30)34-18(9-15-5-7-23(25,26)8-6-15)20(24(27,28)29)32-19(34)11-16/h10-11,15H,5-9,13-14H2,1-4H3,(H,31,35). The summed E-state index contributed by atoms with van der Waals surface area (Å²) in [6, 6.07) is 4.33. The second-order valence-electron chi connectivity index (χ2n) is 10.4. The minimum atomic E-state index is -4.80. The van der Waals surface area contributed by atoms with Gasteiger partial charge in [-0.25, -0.2) is 13.8 Å². The van der Waals surface area contributed by atoms with Gasteiger partial charge in [-0.15, -0.1) is 0 Å². The largest absolute Gasteiger partial charge is 0.435 e. The van der Waals surface area contributed by atoms with Crippen molar-refractivity contribution in [1.82, 2.24) is 19.6 Å². The summed E-state index contributed by atoms with van der Waals surface area (Å²) in [6.07, 6.45) is -5.52. The van der Waals surface area contributed by atoms with Crippen molar-refractivity contribution in [3.8, 4) is 6.07 Å². The fourth-order valence-corrected chi connectivity index (χ4v) is 4.77. The Morgan fingerprint density at radius 1 is 1.26 bits per heavy atom. The maximum atomic E-state index is 13.9. The molecule has 0 atom stereocenters. The average molecular weight is 500 g/mol. The molecule has 1 saturated carbocycles. The van der Waals surface area contributed by atoms with E-state index in [9.17, 15) is 32.0 Å². The van der Waals surface area contributed by atoms with Gasteiger partial charge in [-0.05, 0) is 56.8 Å². The zero-order chi connectivity index (χ0) is 26.2. The highest BCUT2D eigenvalue weighted by molar-refractivity contribution is 5.95. The summed E-state index contributed by atoms with van der Waals surface area (Å²) >= 11 is 0. The molecule has 2 aromatic heterocycles. The van der Waals surface area contributed by atoms with Gasteiger partial charge in [0.05, 0.1) is 5.69 Å². The van der Waals surface area contributed by atoms with Gasteiger partial charge in [0.15, 0.2) is 5.69 Å². The van der Waals surface area contributed by atoms with Gasteiger partial charge in [-0.1, -0.05) is 13.8 Å². The van der Waals surface area contributed by atoms with Crippen molar-refractivity contribution in [2.45, 2.75) is 58.1 Å². The molecule has 1 amide bonds. The summed E-state index contributed by atoms with van der Waals surface area (Å²) in [4.78, 5) is 18.5. The number of carbonyl (C=O) groups is 1. The minimum Gasteiger partial charge on any atom is -0.351 e. The van der Waals surface area contributed by atoms with Crippen molar-refractivity contribution in [1.29, 1.82) is 5.26 Å².